The maximum absolute atomic E-state index is 13.6. The van der Waals surface area contributed by atoms with E-state index in [2.05, 4.69) is 4.74 Å². The maximum atomic E-state index is 13.6. The van der Waals surface area contributed by atoms with Gasteiger partial charge in [0.1, 0.15) is 0 Å². The van der Waals surface area contributed by atoms with E-state index in [9.17, 15) is 52.7 Å². The molecule has 1 aromatic carbocycles. The minimum absolute atomic E-state index is 0.0825. The number of halogens is 9. The molecular weight excluding hydrogens is 623 g/mol. The van der Waals surface area contributed by atoms with Crippen molar-refractivity contribution in [2.45, 2.75) is 63.4 Å². The summed E-state index contributed by atoms with van der Waals surface area (Å²) >= 11 is 0. The molecule has 0 radical (unpaired) electrons. The zero-order chi connectivity index (χ0) is 32.6. The average molecular weight is 657 g/mol. The first-order valence-corrected chi connectivity index (χ1v) is 15.2. The van der Waals surface area contributed by atoms with E-state index in [0.29, 0.717) is 12.1 Å². The molecule has 18 heteroatoms. The van der Waals surface area contributed by atoms with Crippen LogP contribution < -0.4 is 4.90 Å². The molecule has 1 amide bonds. The fourth-order valence-corrected chi connectivity index (χ4v) is 6.13. The minimum Gasteiger partial charge on any atom is -0.426 e. The molecule has 0 aromatic heterocycles. The fourth-order valence-electron chi connectivity index (χ4n) is 5.30. The van der Waals surface area contributed by atoms with E-state index >= 15 is 0 Å². The maximum Gasteiger partial charge on any atom is 0.434 e. The van der Waals surface area contributed by atoms with Crippen molar-refractivity contribution in [1.82, 2.24) is 14.1 Å². The Balaban J connectivity index is 1.77. The topological polar surface area (TPSA) is 73.4 Å². The number of piperazine rings is 1. The molecule has 1 aromatic rings. The molecule has 43 heavy (non-hydrogen) atoms. The van der Waals surface area contributed by atoms with Crippen molar-refractivity contribution in [2.24, 2.45) is 0 Å². The fraction of sp³-hybridized carbons (Fsp3) is 0.720. The Morgan fingerprint density at radius 3 is 1.93 bits per heavy atom. The highest BCUT2D eigenvalue weighted by atomic mass is 32.2. The summed E-state index contributed by atoms with van der Waals surface area (Å²) in [6.07, 6.45) is -21.0. The number of amides is 1. The first-order chi connectivity index (χ1) is 19.6. The third-order valence-electron chi connectivity index (χ3n) is 7.88. The van der Waals surface area contributed by atoms with Gasteiger partial charge in [0.2, 0.25) is 10.0 Å². The van der Waals surface area contributed by atoms with Crippen molar-refractivity contribution < 1.29 is 57.5 Å². The summed E-state index contributed by atoms with van der Waals surface area (Å²) in [7, 11) is -3.48. The van der Waals surface area contributed by atoms with Crippen LogP contribution in [-0.2, 0) is 27.5 Å². The van der Waals surface area contributed by atoms with E-state index in [-0.39, 0.29) is 64.3 Å². The summed E-state index contributed by atoms with van der Waals surface area (Å²) in [4.78, 5) is 16.6. The van der Waals surface area contributed by atoms with Gasteiger partial charge in [0.25, 0.3) is 6.10 Å². The van der Waals surface area contributed by atoms with E-state index in [1.807, 2.05) is 4.90 Å². The number of hydrogen-bond acceptors (Lipinski definition) is 6. The van der Waals surface area contributed by atoms with Crippen molar-refractivity contribution >= 4 is 21.8 Å². The minimum atomic E-state index is -5.84. The number of likely N-dealkylation sites (tertiary alicyclic amines) is 1. The highest BCUT2D eigenvalue weighted by Gasteiger charge is 2.60. The van der Waals surface area contributed by atoms with Gasteiger partial charge in [-0.3, -0.25) is 4.90 Å². The third-order valence-corrected chi connectivity index (χ3v) is 9.18. The molecule has 0 unspecified atom stereocenters. The summed E-state index contributed by atoms with van der Waals surface area (Å²) in [6, 6.07) is 3.30. The number of rotatable bonds is 7. The van der Waals surface area contributed by atoms with Crippen molar-refractivity contribution in [2.75, 3.05) is 57.0 Å². The summed E-state index contributed by atoms with van der Waals surface area (Å²) in [5.74, 6) is 0. The van der Waals surface area contributed by atoms with Gasteiger partial charge in [-0.05, 0) is 44.0 Å². The molecule has 246 valence electrons. The summed E-state index contributed by atoms with van der Waals surface area (Å²) < 4.78 is 147. The highest BCUT2D eigenvalue weighted by molar-refractivity contribution is 7.88. The standard InChI is InChI=1S/C25H33F9N4O4S/c1-4-37(22(2)7-9-36(10-8-22)21(39)42-20(24(29,30)31)25(32,33)34)16-17-5-6-18(23(26,27)28)15-19(17)35-11-13-38(14-12-35)43(3,40)41/h5-6,15,20H,4,7-14,16H2,1-3H3. The first kappa shape index (κ1) is 35.0. The summed E-state index contributed by atoms with van der Waals surface area (Å²) in [5, 5.41) is 0. The van der Waals surface area contributed by atoms with Gasteiger partial charge in [-0.15, -0.1) is 0 Å². The van der Waals surface area contributed by atoms with Gasteiger partial charge in [0, 0.05) is 57.0 Å². The van der Waals surface area contributed by atoms with E-state index in [0.717, 1.165) is 23.3 Å². The van der Waals surface area contributed by atoms with Gasteiger partial charge < -0.3 is 14.5 Å². The number of benzene rings is 1. The summed E-state index contributed by atoms with van der Waals surface area (Å²) in [5.41, 5.74) is -0.803. The van der Waals surface area contributed by atoms with Gasteiger partial charge in [0.05, 0.1) is 11.8 Å². The first-order valence-electron chi connectivity index (χ1n) is 13.3. The van der Waals surface area contributed by atoms with Gasteiger partial charge in [-0.1, -0.05) is 13.0 Å². The predicted octanol–water partition coefficient (Wildman–Crippen LogP) is 5.09. The second kappa shape index (κ2) is 12.5. The molecule has 0 saturated carbocycles. The Bertz CT molecular complexity index is 1220. The van der Waals surface area contributed by atoms with Crippen LogP contribution in [0, 0.1) is 0 Å². The van der Waals surface area contributed by atoms with Crippen LogP contribution in [0.4, 0.5) is 50.0 Å². The molecule has 0 N–H and O–H groups in total. The smallest absolute Gasteiger partial charge is 0.426 e. The van der Waals surface area contributed by atoms with Crippen LogP contribution in [0.2, 0.25) is 0 Å². The SMILES string of the molecule is CCN(Cc1ccc(C(F)(F)F)cc1N1CCN(S(C)(=O)=O)CC1)C1(C)CCN(C(=O)OC(C(F)(F)F)C(F)(F)F)CC1. The van der Waals surface area contributed by atoms with E-state index in [4.69, 9.17) is 0 Å². The lowest BCUT2D eigenvalue weighted by Gasteiger charge is -2.47. The number of ether oxygens (including phenoxy) is 1. The molecule has 2 aliphatic heterocycles. The normalized spacial score (nSPS) is 19.3. The second-order valence-electron chi connectivity index (χ2n) is 10.8. The van der Waals surface area contributed by atoms with Crippen molar-refractivity contribution in [3.05, 3.63) is 29.3 Å². The number of sulfonamides is 1. The largest absolute Gasteiger partial charge is 0.434 e. The van der Waals surface area contributed by atoms with E-state index < -0.39 is 51.9 Å². The monoisotopic (exact) mass is 656 g/mol. The molecule has 2 saturated heterocycles. The lowest BCUT2D eigenvalue weighted by Crippen LogP contribution is -2.55. The van der Waals surface area contributed by atoms with Crippen molar-refractivity contribution in [3.63, 3.8) is 0 Å². The molecule has 0 aliphatic carbocycles. The zero-order valence-electron chi connectivity index (χ0n) is 23.6. The van der Waals surface area contributed by atoms with Gasteiger partial charge in [-0.25, -0.2) is 13.2 Å². The van der Waals surface area contributed by atoms with Crippen molar-refractivity contribution in [1.29, 1.82) is 0 Å². The molecule has 2 fully saturated rings. The molecule has 2 heterocycles. The zero-order valence-corrected chi connectivity index (χ0v) is 24.4. The number of carbonyl (C=O) groups excluding carboxylic acids is 1. The van der Waals surface area contributed by atoms with E-state index in [1.165, 1.54) is 10.4 Å². The Morgan fingerprint density at radius 1 is 0.953 bits per heavy atom. The van der Waals surface area contributed by atoms with Crippen LogP contribution in [-0.4, -0.2) is 105 Å². The van der Waals surface area contributed by atoms with Crippen LogP contribution >= 0.6 is 0 Å². The van der Waals surface area contributed by atoms with Gasteiger partial charge >= 0.3 is 24.6 Å². The summed E-state index contributed by atoms with van der Waals surface area (Å²) in [6.45, 7) is 4.16. The average Bonchev–Trinajstić information content (AvgIpc) is 2.88. The lowest BCUT2D eigenvalue weighted by molar-refractivity contribution is -0.308. The number of anilines is 1. The molecule has 8 nitrogen and oxygen atoms in total. The predicted molar refractivity (Wildman–Crippen MR) is 138 cm³/mol. The molecule has 0 atom stereocenters. The number of hydrogen-bond donors (Lipinski definition) is 0. The molecule has 0 spiro atoms. The van der Waals surface area contributed by atoms with Crippen molar-refractivity contribution in [3.8, 4) is 0 Å². The Labute approximate surface area is 243 Å². The van der Waals surface area contributed by atoms with E-state index in [1.54, 1.807) is 18.7 Å². The van der Waals surface area contributed by atoms with Crippen LogP contribution in [0.1, 0.15) is 37.8 Å². The Hall–Kier alpha value is -2.47. The molecular formula is C25H33F9N4O4S. The number of carbonyl (C=O) groups is 1. The highest BCUT2D eigenvalue weighted by Crippen LogP contribution is 2.38. The van der Waals surface area contributed by atoms with Gasteiger partial charge in [0.15, 0.2) is 0 Å². The quantitative estimate of drug-likeness (QED) is 0.381. The van der Waals surface area contributed by atoms with Gasteiger partial charge in [-0.2, -0.15) is 43.8 Å². The second-order valence-corrected chi connectivity index (χ2v) is 12.8. The van der Waals surface area contributed by atoms with Crippen LogP contribution in [0.5, 0.6) is 0 Å². The number of alkyl halides is 9. The lowest BCUT2D eigenvalue weighted by atomic mass is 9.87. The van der Waals surface area contributed by atoms with Crippen LogP contribution in [0.25, 0.3) is 0 Å². The molecule has 0 bridgehead atoms. The van der Waals surface area contributed by atoms with Crippen LogP contribution in [0.15, 0.2) is 18.2 Å². The van der Waals surface area contributed by atoms with Crippen LogP contribution in [0.3, 0.4) is 0 Å². The Kier molecular flexibility index (Phi) is 10.2. The molecule has 2 aliphatic rings. The number of piperidine rings is 1. The molecule has 3 rings (SSSR count). The number of nitrogens with zero attached hydrogens (tertiary/aromatic N) is 4. The Morgan fingerprint density at radius 2 is 1.49 bits per heavy atom. The third kappa shape index (κ3) is 8.59.